The summed E-state index contributed by atoms with van der Waals surface area (Å²) in [5.74, 6) is 0.266. The average Bonchev–Trinajstić information content (AvgIpc) is 2.56. The Balaban J connectivity index is 2.48. The highest BCUT2D eigenvalue weighted by atomic mass is 15.0. The van der Waals surface area contributed by atoms with E-state index in [9.17, 15) is 0 Å². The number of nitrogens with one attached hydrogen (secondary N) is 1. The molecule has 2 aromatic rings. The third kappa shape index (κ3) is 1.12. The average molecular weight is 161 g/mol. The van der Waals surface area contributed by atoms with Crippen molar-refractivity contribution in [2.75, 3.05) is 5.73 Å². The summed E-state index contributed by atoms with van der Waals surface area (Å²) in [5.41, 5.74) is 7.00. The van der Waals surface area contributed by atoms with Crippen molar-refractivity contribution in [3.05, 3.63) is 24.8 Å². The molecule has 0 radical (unpaired) electrons. The third-order valence-electron chi connectivity index (χ3n) is 1.45. The molecule has 2 aromatic heterocycles. The molecule has 5 heteroatoms. The minimum Gasteiger partial charge on any atom is -0.368 e. The van der Waals surface area contributed by atoms with Gasteiger partial charge in [-0.3, -0.25) is 0 Å². The summed E-state index contributed by atoms with van der Waals surface area (Å²) in [5, 5.41) is 0. The maximum atomic E-state index is 5.41. The minimum absolute atomic E-state index is 0.266. The van der Waals surface area contributed by atoms with Crippen LogP contribution in [-0.4, -0.2) is 19.9 Å². The van der Waals surface area contributed by atoms with Crippen molar-refractivity contribution >= 4 is 5.95 Å². The van der Waals surface area contributed by atoms with E-state index in [1.165, 1.54) is 0 Å². The lowest BCUT2D eigenvalue weighted by Crippen LogP contribution is -1.94. The molecule has 0 aliphatic heterocycles. The molecule has 0 saturated carbocycles. The minimum atomic E-state index is 0.266. The van der Waals surface area contributed by atoms with Crippen LogP contribution in [-0.2, 0) is 0 Å². The zero-order chi connectivity index (χ0) is 8.39. The van der Waals surface area contributed by atoms with Crippen LogP contribution >= 0.6 is 0 Å². The van der Waals surface area contributed by atoms with Crippen molar-refractivity contribution in [3.63, 3.8) is 0 Å². The smallest absolute Gasteiger partial charge is 0.220 e. The summed E-state index contributed by atoms with van der Waals surface area (Å²) in [6.45, 7) is 0. The van der Waals surface area contributed by atoms with Crippen molar-refractivity contribution in [2.24, 2.45) is 0 Å². The van der Waals surface area contributed by atoms with Crippen LogP contribution in [0.25, 0.3) is 11.4 Å². The Hall–Kier alpha value is -1.91. The van der Waals surface area contributed by atoms with E-state index in [2.05, 4.69) is 19.9 Å². The lowest BCUT2D eigenvalue weighted by Gasteiger charge is -1.95. The number of nitrogen functional groups attached to an aromatic ring is 1. The van der Waals surface area contributed by atoms with Gasteiger partial charge in [-0.05, 0) is 6.07 Å². The zero-order valence-electron chi connectivity index (χ0n) is 6.23. The lowest BCUT2D eigenvalue weighted by atomic mass is 10.3. The van der Waals surface area contributed by atoms with Gasteiger partial charge in [0.2, 0.25) is 5.95 Å². The molecule has 2 rings (SSSR count). The van der Waals surface area contributed by atoms with Gasteiger partial charge in [0.1, 0.15) is 0 Å². The number of hydrogen-bond acceptors (Lipinski definition) is 4. The largest absolute Gasteiger partial charge is 0.368 e. The van der Waals surface area contributed by atoms with E-state index < -0.39 is 0 Å². The van der Waals surface area contributed by atoms with Gasteiger partial charge in [-0.25, -0.2) is 15.0 Å². The number of aromatic amines is 1. The van der Waals surface area contributed by atoms with E-state index in [4.69, 9.17) is 5.73 Å². The molecule has 0 unspecified atom stereocenters. The van der Waals surface area contributed by atoms with Gasteiger partial charge < -0.3 is 10.7 Å². The van der Waals surface area contributed by atoms with Crippen LogP contribution < -0.4 is 5.73 Å². The van der Waals surface area contributed by atoms with E-state index in [-0.39, 0.29) is 5.95 Å². The molecule has 0 spiro atoms. The maximum absolute atomic E-state index is 5.41. The van der Waals surface area contributed by atoms with Crippen molar-refractivity contribution in [1.29, 1.82) is 0 Å². The van der Waals surface area contributed by atoms with Crippen LogP contribution in [0.4, 0.5) is 5.95 Å². The summed E-state index contributed by atoms with van der Waals surface area (Å²) in [4.78, 5) is 14.6. The first-order valence-electron chi connectivity index (χ1n) is 3.43. The van der Waals surface area contributed by atoms with Crippen molar-refractivity contribution < 1.29 is 0 Å². The van der Waals surface area contributed by atoms with Crippen LogP contribution in [0.5, 0.6) is 0 Å². The Labute approximate surface area is 68.7 Å². The first-order valence-corrected chi connectivity index (χ1v) is 3.43. The molecule has 5 nitrogen and oxygen atoms in total. The number of nitrogens with zero attached hydrogens (tertiary/aromatic N) is 3. The molecule has 12 heavy (non-hydrogen) atoms. The second-order valence-corrected chi connectivity index (χ2v) is 2.27. The molecule has 0 aliphatic rings. The van der Waals surface area contributed by atoms with Crippen molar-refractivity contribution in [2.45, 2.75) is 0 Å². The molecule has 0 saturated heterocycles. The highest BCUT2D eigenvalue weighted by Crippen LogP contribution is 2.11. The molecule has 0 amide bonds. The summed E-state index contributed by atoms with van der Waals surface area (Å²) >= 11 is 0. The van der Waals surface area contributed by atoms with E-state index >= 15 is 0 Å². The second-order valence-electron chi connectivity index (χ2n) is 2.27. The van der Waals surface area contributed by atoms with Crippen LogP contribution in [0.3, 0.4) is 0 Å². The molecule has 0 atom stereocenters. The van der Waals surface area contributed by atoms with E-state index in [1.807, 2.05) is 0 Å². The Morgan fingerprint density at radius 3 is 3.00 bits per heavy atom. The number of rotatable bonds is 1. The van der Waals surface area contributed by atoms with Crippen molar-refractivity contribution in [3.8, 4) is 11.4 Å². The Bertz CT molecular complexity index is 367. The van der Waals surface area contributed by atoms with Gasteiger partial charge in [-0.2, -0.15) is 0 Å². The number of hydrogen-bond donors (Lipinski definition) is 2. The molecule has 3 N–H and O–H groups in total. The summed E-state index contributed by atoms with van der Waals surface area (Å²) in [7, 11) is 0. The lowest BCUT2D eigenvalue weighted by molar-refractivity contribution is 1.18. The first-order chi connectivity index (χ1) is 5.86. The predicted octanol–water partition coefficient (Wildman–Crippen LogP) is 0.449. The number of nitrogens with two attached hydrogens (primary N) is 1. The van der Waals surface area contributed by atoms with Crippen LogP contribution in [0.1, 0.15) is 0 Å². The Kier molecular flexibility index (Phi) is 1.48. The molecule has 0 bridgehead atoms. The summed E-state index contributed by atoms with van der Waals surface area (Å²) in [6, 6.07) is 1.77. The van der Waals surface area contributed by atoms with Crippen LogP contribution in [0.15, 0.2) is 24.8 Å². The molecule has 0 aliphatic carbocycles. The predicted molar refractivity (Wildman–Crippen MR) is 44.0 cm³/mol. The van der Waals surface area contributed by atoms with E-state index in [0.29, 0.717) is 0 Å². The molecule has 60 valence electrons. The SMILES string of the molecule is Nc1nccc(-c2cnc[nH]2)n1. The molecular weight excluding hydrogens is 154 g/mol. The van der Waals surface area contributed by atoms with Gasteiger partial charge in [-0.15, -0.1) is 0 Å². The topological polar surface area (TPSA) is 80.5 Å². The highest BCUT2D eigenvalue weighted by Gasteiger charge is 1.99. The third-order valence-corrected chi connectivity index (χ3v) is 1.45. The first kappa shape index (κ1) is 6.78. The fraction of sp³-hybridized carbons (Fsp3) is 0. The Morgan fingerprint density at radius 2 is 2.33 bits per heavy atom. The monoisotopic (exact) mass is 161 g/mol. The van der Waals surface area contributed by atoms with Gasteiger partial charge in [0.25, 0.3) is 0 Å². The number of imidazole rings is 1. The molecule has 0 aromatic carbocycles. The molecular formula is C7H7N5. The van der Waals surface area contributed by atoms with E-state index in [0.717, 1.165) is 11.4 Å². The molecule has 0 fully saturated rings. The van der Waals surface area contributed by atoms with Gasteiger partial charge in [0.15, 0.2) is 0 Å². The number of H-pyrrole nitrogens is 1. The summed E-state index contributed by atoms with van der Waals surface area (Å²) < 4.78 is 0. The van der Waals surface area contributed by atoms with Crippen LogP contribution in [0, 0.1) is 0 Å². The quantitative estimate of drug-likeness (QED) is 0.636. The fourth-order valence-electron chi connectivity index (χ4n) is 0.920. The van der Waals surface area contributed by atoms with Crippen LogP contribution in [0.2, 0.25) is 0 Å². The van der Waals surface area contributed by atoms with Gasteiger partial charge in [-0.1, -0.05) is 0 Å². The highest BCUT2D eigenvalue weighted by molar-refractivity contribution is 5.53. The van der Waals surface area contributed by atoms with E-state index in [1.54, 1.807) is 24.8 Å². The molecule has 2 heterocycles. The number of aromatic nitrogens is 4. The standard InChI is InChI=1S/C7H7N5/c8-7-10-2-1-5(12-7)6-3-9-4-11-6/h1-4H,(H,9,11)(H2,8,10,12). The second kappa shape index (κ2) is 2.61. The fourth-order valence-corrected chi connectivity index (χ4v) is 0.920. The van der Waals surface area contributed by atoms with Gasteiger partial charge in [0, 0.05) is 6.20 Å². The van der Waals surface area contributed by atoms with Gasteiger partial charge in [0.05, 0.1) is 23.9 Å². The number of anilines is 1. The van der Waals surface area contributed by atoms with Gasteiger partial charge >= 0.3 is 0 Å². The van der Waals surface area contributed by atoms with Crippen molar-refractivity contribution in [1.82, 2.24) is 19.9 Å². The Morgan fingerprint density at radius 1 is 1.42 bits per heavy atom. The summed E-state index contributed by atoms with van der Waals surface area (Å²) in [6.07, 6.45) is 4.88. The zero-order valence-corrected chi connectivity index (χ0v) is 6.23. The normalized spacial score (nSPS) is 10.0. The maximum Gasteiger partial charge on any atom is 0.220 e.